The molecule has 7 nitrogen and oxygen atoms in total. The maximum Gasteiger partial charge on any atom is 0.244 e. The average molecular weight is 516 g/mol. The molecule has 0 radical (unpaired) electrons. The van der Waals surface area contributed by atoms with Crippen LogP contribution in [0.5, 0.6) is 0 Å². The van der Waals surface area contributed by atoms with Crippen molar-refractivity contribution in [3.63, 3.8) is 0 Å². The molecule has 0 aliphatic carbocycles. The third-order valence-corrected chi connectivity index (χ3v) is 7.11. The fraction of sp³-hybridized carbons (Fsp3) is 0.500. The summed E-state index contributed by atoms with van der Waals surface area (Å²) in [7, 11) is -3.76. The van der Waals surface area contributed by atoms with Gasteiger partial charge in [0.15, 0.2) is 0 Å². The minimum atomic E-state index is -3.76. The number of carbonyl (C=O) groups excluding carboxylic acids is 2. The monoisotopic (exact) mass is 515 g/mol. The van der Waals surface area contributed by atoms with Crippen molar-refractivity contribution in [2.24, 2.45) is 5.92 Å². The fourth-order valence-corrected chi connectivity index (χ4v) is 4.71. The van der Waals surface area contributed by atoms with Crippen LogP contribution in [0.15, 0.2) is 54.6 Å². The Kier molecular flexibility index (Phi) is 10.1. The third-order valence-electron chi connectivity index (χ3n) is 5.97. The highest BCUT2D eigenvalue weighted by Gasteiger charge is 2.31. The van der Waals surface area contributed by atoms with E-state index in [1.165, 1.54) is 4.90 Å². The molecular formula is C28H41N3O4S. The van der Waals surface area contributed by atoms with Crippen LogP contribution in [0.4, 0.5) is 5.69 Å². The Bertz CT molecular complexity index is 1110. The average Bonchev–Trinajstić information content (AvgIpc) is 2.80. The molecule has 0 saturated carbocycles. The highest BCUT2D eigenvalue weighted by Crippen LogP contribution is 2.26. The van der Waals surface area contributed by atoms with Gasteiger partial charge in [0.05, 0.1) is 11.9 Å². The van der Waals surface area contributed by atoms with E-state index in [1.54, 1.807) is 12.1 Å². The number of carbonyl (C=O) groups is 2. The van der Waals surface area contributed by atoms with Gasteiger partial charge in [-0.3, -0.25) is 13.9 Å². The normalized spacial score (nSPS) is 12.8. The molecule has 2 aromatic rings. The maximum absolute atomic E-state index is 13.7. The molecule has 0 aromatic heterocycles. The predicted molar refractivity (Wildman–Crippen MR) is 146 cm³/mol. The summed E-state index contributed by atoms with van der Waals surface area (Å²) in [4.78, 5) is 28.2. The van der Waals surface area contributed by atoms with Crippen molar-refractivity contribution in [2.45, 2.75) is 66.0 Å². The smallest absolute Gasteiger partial charge is 0.244 e. The van der Waals surface area contributed by atoms with Gasteiger partial charge in [0.2, 0.25) is 21.8 Å². The second-order valence-electron chi connectivity index (χ2n) is 10.6. The summed E-state index contributed by atoms with van der Waals surface area (Å²) in [6, 6.07) is 15.9. The summed E-state index contributed by atoms with van der Waals surface area (Å²) in [5.41, 5.74) is 2.25. The first kappa shape index (κ1) is 29.4. The van der Waals surface area contributed by atoms with Crippen LogP contribution in [0.1, 0.15) is 59.1 Å². The highest BCUT2D eigenvalue weighted by atomic mass is 32.2. The van der Waals surface area contributed by atoms with Crippen molar-refractivity contribution in [1.82, 2.24) is 10.2 Å². The second kappa shape index (κ2) is 12.4. The van der Waals surface area contributed by atoms with E-state index in [9.17, 15) is 18.0 Å². The van der Waals surface area contributed by atoms with E-state index in [4.69, 9.17) is 0 Å². The van der Waals surface area contributed by atoms with Crippen LogP contribution in [-0.4, -0.2) is 50.5 Å². The molecule has 36 heavy (non-hydrogen) atoms. The molecule has 0 bridgehead atoms. The lowest BCUT2D eigenvalue weighted by Gasteiger charge is -2.33. The molecule has 0 saturated heterocycles. The van der Waals surface area contributed by atoms with Crippen LogP contribution < -0.4 is 9.62 Å². The lowest BCUT2D eigenvalue weighted by Crippen LogP contribution is -2.52. The fourth-order valence-electron chi connectivity index (χ4n) is 3.86. The standard InChI is InChI=1S/C28H41N3O4S/c1-8-25(27(33)29-18-21(2)3)30(19-22-12-10-9-11-13-22)26(32)20-31(36(7,34)35)24-16-14-23(15-17-24)28(4,5)6/h9-17,21,25H,8,18-20H2,1-7H3,(H,29,33). The van der Waals surface area contributed by atoms with Crippen molar-refractivity contribution in [1.29, 1.82) is 0 Å². The SMILES string of the molecule is CCC(C(=O)NCC(C)C)N(Cc1ccccc1)C(=O)CN(c1ccc(C(C)(C)C)cc1)S(C)(=O)=O. The van der Waals surface area contributed by atoms with Gasteiger partial charge in [0, 0.05) is 13.1 Å². The Morgan fingerprint density at radius 1 is 0.972 bits per heavy atom. The van der Waals surface area contributed by atoms with E-state index in [0.29, 0.717) is 18.7 Å². The van der Waals surface area contributed by atoms with E-state index < -0.39 is 28.5 Å². The van der Waals surface area contributed by atoms with Gasteiger partial charge in [-0.25, -0.2) is 8.42 Å². The zero-order valence-corrected chi connectivity index (χ0v) is 23.4. The van der Waals surface area contributed by atoms with Crippen molar-refractivity contribution in [3.8, 4) is 0 Å². The van der Waals surface area contributed by atoms with Gasteiger partial charge >= 0.3 is 0 Å². The largest absolute Gasteiger partial charge is 0.354 e. The molecule has 0 aliphatic rings. The summed E-state index contributed by atoms with van der Waals surface area (Å²) in [5.74, 6) is -0.409. The van der Waals surface area contributed by atoms with Crippen molar-refractivity contribution in [2.75, 3.05) is 23.7 Å². The molecule has 2 aromatic carbocycles. The number of nitrogens with zero attached hydrogens (tertiary/aromatic N) is 2. The van der Waals surface area contributed by atoms with E-state index in [-0.39, 0.29) is 23.8 Å². The van der Waals surface area contributed by atoms with E-state index in [2.05, 4.69) is 26.1 Å². The Labute approximate surface area is 216 Å². The van der Waals surface area contributed by atoms with Crippen molar-refractivity contribution in [3.05, 3.63) is 65.7 Å². The van der Waals surface area contributed by atoms with E-state index in [1.807, 2.05) is 63.2 Å². The Hall–Kier alpha value is -2.87. The van der Waals surface area contributed by atoms with Crippen LogP contribution in [0, 0.1) is 5.92 Å². The Morgan fingerprint density at radius 2 is 1.56 bits per heavy atom. The summed E-state index contributed by atoms with van der Waals surface area (Å²) in [5, 5.41) is 2.93. The first-order chi connectivity index (χ1) is 16.7. The molecule has 8 heteroatoms. The molecule has 1 N–H and O–H groups in total. The zero-order chi connectivity index (χ0) is 27.1. The molecule has 0 fully saturated rings. The topological polar surface area (TPSA) is 86.8 Å². The van der Waals surface area contributed by atoms with Crippen molar-refractivity contribution < 1.29 is 18.0 Å². The molecule has 0 spiro atoms. The Balaban J connectivity index is 2.40. The predicted octanol–water partition coefficient (Wildman–Crippen LogP) is 4.33. The molecule has 2 rings (SSSR count). The van der Waals surface area contributed by atoms with Gasteiger partial charge < -0.3 is 10.2 Å². The number of sulfonamides is 1. The molecule has 198 valence electrons. The molecular weight excluding hydrogens is 474 g/mol. The number of rotatable bonds is 11. The summed E-state index contributed by atoms with van der Waals surface area (Å²) < 4.78 is 26.6. The summed E-state index contributed by atoms with van der Waals surface area (Å²) in [6.07, 6.45) is 1.49. The molecule has 2 amide bonds. The minimum absolute atomic E-state index is 0.0888. The first-order valence-electron chi connectivity index (χ1n) is 12.4. The number of amides is 2. The van der Waals surface area contributed by atoms with Gasteiger partial charge in [-0.15, -0.1) is 0 Å². The molecule has 1 unspecified atom stereocenters. The number of hydrogen-bond acceptors (Lipinski definition) is 4. The van der Waals surface area contributed by atoms with Gasteiger partial charge in [-0.1, -0.05) is 84.0 Å². The van der Waals surface area contributed by atoms with Gasteiger partial charge in [0.1, 0.15) is 12.6 Å². The third kappa shape index (κ3) is 8.36. The second-order valence-corrected chi connectivity index (χ2v) is 12.5. The lowest BCUT2D eigenvalue weighted by molar-refractivity contribution is -0.140. The quantitative estimate of drug-likeness (QED) is 0.483. The lowest BCUT2D eigenvalue weighted by atomic mass is 9.87. The van der Waals surface area contributed by atoms with Crippen LogP contribution in [0.25, 0.3) is 0 Å². The molecule has 0 aliphatic heterocycles. The molecule has 1 atom stereocenters. The van der Waals surface area contributed by atoms with Crippen LogP contribution in [0.2, 0.25) is 0 Å². The van der Waals surface area contributed by atoms with Crippen LogP contribution in [-0.2, 0) is 31.6 Å². The number of nitrogens with one attached hydrogen (secondary N) is 1. The van der Waals surface area contributed by atoms with Gasteiger partial charge in [0.25, 0.3) is 0 Å². The van der Waals surface area contributed by atoms with Crippen LogP contribution in [0.3, 0.4) is 0 Å². The molecule has 0 heterocycles. The summed E-state index contributed by atoms with van der Waals surface area (Å²) >= 11 is 0. The number of anilines is 1. The summed E-state index contributed by atoms with van der Waals surface area (Å²) in [6.45, 7) is 12.4. The number of hydrogen-bond donors (Lipinski definition) is 1. The number of benzene rings is 2. The Morgan fingerprint density at radius 3 is 2.03 bits per heavy atom. The van der Waals surface area contributed by atoms with Crippen LogP contribution >= 0.6 is 0 Å². The van der Waals surface area contributed by atoms with E-state index >= 15 is 0 Å². The zero-order valence-electron chi connectivity index (χ0n) is 22.6. The first-order valence-corrected chi connectivity index (χ1v) is 14.3. The van der Waals surface area contributed by atoms with Gasteiger partial charge in [-0.2, -0.15) is 0 Å². The minimum Gasteiger partial charge on any atom is -0.354 e. The van der Waals surface area contributed by atoms with E-state index in [0.717, 1.165) is 21.7 Å². The van der Waals surface area contributed by atoms with Gasteiger partial charge in [-0.05, 0) is 41.0 Å². The van der Waals surface area contributed by atoms with Crippen molar-refractivity contribution >= 4 is 27.5 Å². The maximum atomic E-state index is 13.7. The highest BCUT2D eigenvalue weighted by molar-refractivity contribution is 7.92.